The summed E-state index contributed by atoms with van der Waals surface area (Å²) in [5, 5.41) is 3.28. The Labute approximate surface area is 135 Å². The summed E-state index contributed by atoms with van der Waals surface area (Å²) in [4.78, 5) is 0.169. The Kier molecular flexibility index (Phi) is 3.87. The molecule has 1 aliphatic rings. The van der Waals surface area contributed by atoms with Gasteiger partial charge >= 0.3 is 0 Å². The predicted octanol–water partition coefficient (Wildman–Crippen LogP) is 3.67. The molecule has 110 valence electrons. The van der Waals surface area contributed by atoms with Crippen molar-refractivity contribution in [3.05, 3.63) is 34.7 Å². The van der Waals surface area contributed by atoms with Gasteiger partial charge in [-0.25, -0.2) is 0 Å². The number of nitrogens with one attached hydrogen (secondary N) is 1. The van der Waals surface area contributed by atoms with Gasteiger partial charge in [0, 0.05) is 5.69 Å². The van der Waals surface area contributed by atoms with E-state index in [0.717, 1.165) is 11.4 Å². The molecule has 5 nitrogen and oxygen atoms in total. The third kappa shape index (κ3) is 3.03. The fraction of sp³-hybridized carbons (Fsp3) is 0.0833. The number of anilines is 1. The molecule has 2 heterocycles. The molecule has 9 heteroatoms. The van der Waals surface area contributed by atoms with E-state index in [4.69, 9.17) is 16.3 Å². The van der Waals surface area contributed by atoms with E-state index in [1.54, 1.807) is 31.4 Å². The van der Waals surface area contributed by atoms with Gasteiger partial charge in [0.25, 0.3) is 10.0 Å². The molecule has 0 saturated carbocycles. The van der Waals surface area contributed by atoms with E-state index < -0.39 is 10.0 Å². The van der Waals surface area contributed by atoms with Gasteiger partial charge in [0.1, 0.15) is 10.6 Å². The number of thiophene rings is 1. The van der Waals surface area contributed by atoms with Gasteiger partial charge in [0.2, 0.25) is 0 Å². The number of ether oxygens (including phenoxy) is 1. The second-order valence-electron chi connectivity index (χ2n) is 4.03. The number of rotatable bonds is 2. The molecule has 3 rings (SSSR count). The first-order valence-electron chi connectivity index (χ1n) is 5.71. The fourth-order valence-electron chi connectivity index (χ4n) is 1.69. The number of amidine groups is 1. The average molecular weight is 361 g/mol. The van der Waals surface area contributed by atoms with Gasteiger partial charge in [-0.15, -0.1) is 15.7 Å². The highest BCUT2D eigenvalue weighted by atomic mass is 35.5. The largest absolute Gasteiger partial charge is 0.497 e. The van der Waals surface area contributed by atoms with Crippen molar-refractivity contribution in [2.75, 3.05) is 12.4 Å². The van der Waals surface area contributed by atoms with Gasteiger partial charge in [-0.1, -0.05) is 11.6 Å². The molecule has 1 aromatic carbocycles. The first kappa shape index (κ1) is 14.7. The summed E-state index contributed by atoms with van der Waals surface area (Å²) in [5.74, 6) is 0.721. The Morgan fingerprint density at radius 3 is 2.67 bits per heavy atom. The van der Waals surface area contributed by atoms with Crippen molar-refractivity contribution in [2.45, 2.75) is 9.10 Å². The summed E-state index contributed by atoms with van der Waals surface area (Å²) in [5.41, 5.74) is 0.725. The summed E-state index contributed by atoms with van der Waals surface area (Å²) in [6.07, 6.45) is 0. The van der Waals surface area contributed by atoms with Gasteiger partial charge < -0.3 is 10.1 Å². The summed E-state index contributed by atoms with van der Waals surface area (Å²) in [7, 11) is -2.12. The second kappa shape index (κ2) is 5.53. The normalized spacial score (nSPS) is 16.0. The highest BCUT2D eigenvalue weighted by molar-refractivity contribution is 8.17. The van der Waals surface area contributed by atoms with Crippen molar-refractivity contribution in [3.8, 4) is 5.75 Å². The number of nitrogens with zero attached hydrogens (tertiary/aromatic N) is 1. The van der Waals surface area contributed by atoms with Crippen LogP contribution in [0.1, 0.15) is 0 Å². The van der Waals surface area contributed by atoms with E-state index >= 15 is 0 Å². The average Bonchev–Trinajstić information content (AvgIpc) is 2.81. The van der Waals surface area contributed by atoms with Crippen LogP contribution in [0, 0.1) is 0 Å². The van der Waals surface area contributed by atoms with E-state index in [1.165, 1.54) is 29.2 Å². The van der Waals surface area contributed by atoms with Crippen LogP contribution >= 0.6 is 34.7 Å². The molecule has 0 aliphatic carbocycles. The van der Waals surface area contributed by atoms with E-state index in [2.05, 4.69) is 9.71 Å². The zero-order valence-corrected chi connectivity index (χ0v) is 13.9. The van der Waals surface area contributed by atoms with Crippen LogP contribution in [0.5, 0.6) is 5.75 Å². The van der Waals surface area contributed by atoms with Gasteiger partial charge in [-0.2, -0.15) is 8.42 Å². The molecule has 0 fully saturated rings. The molecule has 21 heavy (non-hydrogen) atoms. The minimum atomic E-state index is -3.70. The molecule has 0 unspecified atom stereocenters. The van der Waals surface area contributed by atoms with Crippen LogP contribution in [-0.2, 0) is 10.0 Å². The molecular formula is C12H9ClN2O3S3. The Hall–Kier alpha value is -1.22. The lowest BCUT2D eigenvalue weighted by molar-refractivity contribution is 0.415. The lowest BCUT2D eigenvalue weighted by atomic mass is 10.3. The maximum absolute atomic E-state index is 12.1. The van der Waals surface area contributed by atoms with Gasteiger partial charge in [0.15, 0.2) is 5.17 Å². The fourth-order valence-corrected chi connectivity index (χ4v) is 6.16. The van der Waals surface area contributed by atoms with Crippen LogP contribution in [-0.4, -0.2) is 20.7 Å². The van der Waals surface area contributed by atoms with Crippen molar-refractivity contribution in [1.82, 2.24) is 0 Å². The number of hydrogen-bond acceptors (Lipinski definition) is 6. The van der Waals surface area contributed by atoms with E-state index in [1.807, 2.05) is 0 Å². The number of sulfonamides is 1. The first-order chi connectivity index (χ1) is 9.98. The summed E-state index contributed by atoms with van der Waals surface area (Å²) in [6.45, 7) is 0. The van der Waals surface area contributed by atoms with Crippen LogP contribution in [0.3, 0.4) is 0 Å². The van der Waals surface area contributed by atoms with Crippen LogP contribution in [0.25, 0.3) is 0 Å². The maximum Gasteiger partial charge on any atom is 0.286 e. The van der Waals surface area contributed by atoms with Crippen molar-refractivity contribution in [2.24, 2.45) is 4.40 Å². The van der Waals surface area contributed by atoms with Gasteiger partial charge in [0.05, 0.1) is 15.7 Å². The zero-order valence-electron chi connectivity index (χ0n) is 10.7. The molecule has 1 aromatic heterocycles. The van der Waals surface area contributed by atoms with Crippen LogP contribution in [0.15, 0.2) is 43.8 Å². The Morgan fingerprint density at radius 2 is 2.00 bits per heavy atom. The maximum atomic E-state index is 12.1. The highest BCUT2D eigenvalue weighted by Crippen LogP contribution is 2.42. The smallest absolute Gasteiger partial charge is 0.286 e. The minimum Gasteiger partial charge on any atom is -0.497 e. The van der Waals surface area contributed by atoms with Crippen molar-refractivity contribution >= 4 is 55.6 Å². The van der Waals surface area contributed by atoms with Gasteiger partial charge in [-0.05, 0) is 42.1 Å². The lowest BCUT2D eigenvalue weighted by Gasteiger charge is -2.13. The SMILES string of the molecule is COc1ccc(NC2=NS(=O)(=O)c3cc(Cl)sc3S2)cc1. The summed E-state index contributed by atoms with van der Waals surface area (Å²) < 4.78 is 34.0. The van der Waals surface area contributed by atoms with Crippen LogP contribution in [0.2, 0.25) is 4.34 Å². The topological polar surface area (TPSA) is 67.8 Å². The van der Waals surface area contributed by atoms with E-state index in [0.29, 0.717) is 13.7 Å². The number of thioether (sulfide) groups is 1. The summed E-state index contributed by atoms with van der Waals surface area (Å²) in [6, 6.07) is 8.55. The number of fused-ring (bicyclic) bond motifs is 1. The van der Waals surface area contributed by atoms with Crippen LogP contribution in [0.4, 0.5) is 5.69 Å². The first-order valence-corrected chi connectivity index (χ1v) is 9.16. The molecule has 0 amide bonds. The lowest BCUT2D eigenvalue weighted by Crippen LogP contribution is -2.14. The monoisotopic (exact) mass is 360 g/mol. The van der Waals surface area contributed by atoms with E-state index in [-0.39, 0.29) is 4.90 Å². The molecule has 2 aromatic rings. The molecule has 0 spiro atoms. The standard InChI is InChI=1S/C12H9ClN2O3S3/c1-18-8-4-2-7(3-5-8)14-12-15-21(16,17)9-6-10(13)19-11(9)20-12/h2-6H,1H3,(H,14,15). The van der Waals surface area contributed by atoms with Crippen molar-refractivity contribution < 1.29 is 13.2 Å². The molecule has 0 saturated heterocycles. The van der Waals surface area contributed by atoms with Crippen molar-refractivity contribution in [1.29, 1.82) is 0 Å². The molecule has 0 bridgehead atoms. The van der Waals surface area contributed by atoms with Crippen molar-refractivity contribution in [3.63, 3.8) is 0 Å². The van der Waals surface area contributed by atoms with Gasteiger partial charge in [-0.3, -0.25) is 0 Å². The number of benzene rings is 1. The molecule has 1 N–H and O–H groups in total. The van der Waals surface area contributed by atoms with E-state index in [9.17, 15) is 8.42 Å². The predicted molar refractivity (Wildman–Crippen MR) is 86.4 cm³/mol. The third-order valence-corrected chi connectivity index (χ3v) is 6.67. The Morgan fingerprint density at radius 1 is 1.29 bits per heavy atom. The third-order valence-electron chi connectivity index (χ3n) is 2.65. The van der Waals surface area contributed by atoms with Crippen LogP contribution < -0.4 is 10.1 Å². The highest BCUT2D eigenvalue weighted by Gasteiger charge is 2.28. The quantitative estimate of drug-likeness (QED) is 0.884. The number of halogens is 1. The number of methoxy groups -OCH3 is 1. The minimum absolute atomic E-state index is 0.169. The molecule has 0 atom stereocenters. The zero-order chi connectivity index (χ0) is 15.0. The molecule has 0 radical (unpaired) electrons. The summed E-state index contributed by atoms with van der Waals surface area (Å²) >= 11 is 8.34. The Bertz CT molecular complexity index is 813. The number of hydrogen-bond donors (Lipinski definition) is 1. The second-order valence-corrected chi connectivity index (χ2v) is 8.54. The molecule has 1 aliphatic heterocycles. The Balaban J connectivity index is 1.88. The molecular weight excluding hydrogens is 352 g/mol.